The van der Waals surface area contributed by atoms with E-state index in [1.54, 1.807) is 13.3 Å². The van der Waals surface area contributed by atoms with E-state index in [9.17, 15) is 13.6 Å². The highest BCUT2D eigenvalue weighted by Gasteiger charge is 2.21. The van der Waals surface area contributed by atoms with Gasteiger partial charge >= 0.3 is 0 Å². The monoisotopic (exact) mass is 1090 g/mol. The number of anilines is 1. The molecule has 1 aliphatic rings. The van der Waals surface area contributed by atoms with E-state index in [1.807, 2.05) is 74.2 Å². The van der Waals surface area contributed by atoms with Crippen LogP contribution < -0.4 is 11.5 Å². The molecule has 21 nitrogen and oxygen atoms in total. The van der Waals surface area contributed by atoms with E-state index in [1.165, 1.54) is 48.9 Å². The van der Waals surface area contributed by atoms with Gasteiger partial charge in [-0.25, -0.2) is 57.1 Å². The Bertz CT molecular complexity index is 2770. The molecule has 4 N–H and O–H groups in total. The minimum Gasteiger partial charge on any atom is -0.369 e. The number of rotatable bonds is 13. The Hall–Kier alpha value is -6.81. The molecular formula is C55H92F2N20O. The molecule has 1 fully saturated rings. The first kappa shape index (κ1) is 65.5. The molecule has 0 aliphatic heterocycles. The number of carbonyl (C=O) groups is 1. The van der Waals surface area contributed by atoms with Crippen LogP contribution in [0, 0.1) is 32.4 Å². The Morgan fingerprint density at radius 2 is 1.06 bits per heavy atom. The van der Waals surface area contributed by atoms with Crippen LogP contribution in [0.4, 0.5) is 14.7 Å². The normalized spacial score (nSPS) is 12.5. The fourth-order valence-corrected chi connectivity index (χ4v) is 8.52. The molecule has 0 spiro atoms. The minimum absolute atomic E-state index is 0.111. The molecule has 23 heteroatoms. The van der Waals surface area contributed by atoms with Crippen LogP contribution >= 0.6 is 0 Å². The average Bonchev–Trinajstić information content (AvgIpc) is 4.23. The van der Waals surface area contributed by atoms with E-state index in [4.69, 9.17) is 11.5 Å². The predicted octanol–water partition coefficient (Wildman–Crippen LogP) is 10.9. The number of halogens is 2. The number of hydrogen-bond donors (Lipinski definition) is 2. The van der Waals surface area contributed by atoms with Gasteiger partial charge in [0.2, 0.25) is 11.9 Å². The van der Waals surface area contributed by atoms with Crippen molar-refractivity contribution in [1.82, 2.24) is 88.6 Å². The van der Waals surface area contributed by atoms with Crippen LogP contribution in [0.25, 0.3) is 5.69 Å². The molecule has 0 saturated heterocycles. The van der Waals surface area contributed by atoms with Crippen LogP contribution in [-0.4, -0.2) is 94.5 Å². The van der Waals surface area contributed by atoms with Crippen molar-refractivity contribution in [3.8, 4) is 5.69 Å². The highest BCUT2D eigenvalue weighted by atomic mass is 19.1. The number of nitrogens with zero attached hydrogens (tertiary/aromatic N) is 18. The summed E-state index contributed by atoms with van der Waals surface area (Å²) < 4.78 is 37.4. The summed E-state index contributed by atoms with van der Waals surface area (Å²) in [6.45, 7) is 40.5. The first-order valence-corrected chi connectivity index (χ1v) is 27.6. The second-order valence-corrected chi connectivity index (χ2v) is 21.5. The number of nitrogen functional groups attached to an aromatic ring is 1. The maximum absolute atomic E-state index is 13.2. The Labute approximate surface area is 461 Å². The molecule has 1 amide bonds. The Morgan fingerprint density at radius 3 is 1.49 bits per heavy atom. The molecule has 1 aromatic carbocycles. The molecule has 6 heterocycles. The maximum atomic E-state index is 13.2. The topological polar surface area (TPSA) is 253 Å². The lowest BCUT2D eigenvalue weighted by Gasteiger charge is -2.23. The van der Waals surface area contributed by atoms with Gasteiger partial charge in [-0.3, -0.25) is 9.48 Å². The van der Waals surface area contributed by atoms with Gasteiger partial charge in [-0.05, 0) is 73.4 Å². The van der Waals surface area contributed by atoms with Crippen molar-refractivity contribution in [3.63, 3.8) is 0 Å². The molecule has 7 aromatic rings. The van der Waals surface area contributed by atoms with E-state index in [-0.39, 0.29) is 18.4 Å². The van der Waals surface area contributed by atoms with Crippen LogP contribution in [0.3, 0.4) is 0 Å². The summed E-state index contributed by atoms with van der Waals surface area (Å²) in [4.78, 5) is 36.4. The van der Waals surface area contributed by atoms with Crippen molar-refractivity contribution in [2.24, 2.45) is 12.8 Å². The lowest BCUT2D eigenvalue weighted by molar-refractivity contribution is -0.117. The largest absolute Gasteiger partial charge is 0.369 e. The average molecular weight is 1090 g/mol. The molecule has 78 heavy (non-hydrogen) atoms. The number of primary amides is 1. The van der Waals surface area contributed by atoms with E-state index < -0.39 is 17.5 Å². The summed E-state index contributed by atoms with van der Waals surface area (Å²) in [5, 5.41) is 25.2. The Morgan fingerprint density at radius 1 is 0.590 bits per heavy atom. The molecular weight excluding hydrogens is 995 g/mol. The minimum atomic E-state index is -0.622. The zero-order valence-corrected chi connectivity index (χ0v) is 50.5. The smallest absolute Gasteiger partial charge is 0.239 e. The standard InChI is InChI=1S/C12H13F2N3.C11H19N3.C10H18N4O.C8H15N3.C7H14N4.C7H13N3/c1-7(2)12-15-8(3)16-17(12)11-5-9(13)4-10(14)6-11;1-9(2)11-12-8-13-14(11)10-6-4-3-5-7-10;1-6(2)10-12-9(5-8(11)15)13-14(10)7(3)4;1-5-11-8(6(2)3)9-7(4)10-11;1-4-11-6(5(2)3)9-7(8)10-11;1-5(2)7-8-6(3)9-10(7)4/h4-7H,1-3H3;8-10H,3-7H2,1-2H3;6-7H,5H2,1-4H3,(H2,11,15);6H,5H2,1-4H3;5H,4H2,1-3H3,(H2,8,10);5H,1-4H3. The second-order valence-electron chi connectivity index (χ2n) is 21.5. The van der Waals surface area contributed by atoms with Gasteiger partial charge in [-0.1, -0.05) is 102 Å². The van der Waals surface area contributed by atoms with Crippen LogP contribution in [0.1, 0.15) is 249 Å². The molecule has 0 unspecified atom stereocenters. The number of hydrogen-bond acceptors (Lipinski definition) is 14. The summed E-state index contributed by atoms with van der Waals surface area (Å²) in [6.07, 6.45) is 8.46. The SMILES string of the molecule is CC(C)c1nc(CC(N)=O)nn1C(C)C.CC(C)c1ncnn1C1CCCCC1.CCn1nc(C)nc1C(C)C.CCn1nc(N)nc1C(C)C.Cc1nc(C(C)C)n(-c2cc(F)cc(F)c2)n1.Cc1nc(C(C)C)n(C)n1. The summed E-state index contributed by atoms with van der Waals surface area (Å²) in [5.74, 6) is 9.62. The van der Waals surface area contributed by atoms with Crippen LogP contribution in [0.15, 0.2) is 24.5 Å². The van der Waals surface area contributed by atoms with Gasteiger partial charge in [-0.15, -0.1) is 5.10 Å². The fraction of sp³-hybridized carbons (Fsp3) is 0.655. The van der Waals surface area contributed by atoms with Crippen molar-refractivity contribution in [3.05, 3.63) is 94.4 Å². The van der Waals surface area contributed by atoms with Gasteiger partial charge in [0.1, 0.15) is 70.4 Å². The third-order valence-corrected chi connectivity index (χ3v) is 12.0. The number of aromatic nitrogens is 18. The van der Waals surface area contributed by atoms with Crippen molar-refractivity contribution < 1.29 is 13.6 Å². The number of nitrogens with two attached hydrogens (primary N) is 2. The van der Waals surface area contributed by atoms with Crippen molar-refractivity contribution >= 4 is 11.9 Å². The van der Waals surface area contributed by atoms with Crippen LogP contribution in [-0.2, 0) is 31.4 Å². The zero-order chi connectivity index (χ0) is 58.7. The molecule has 0 atom stereocenters. The fourth-order valence-electron chi connectivity index (χ4n) is 8.52. The lowest BCUT2D eigenvalue weighted by Crippen LogP contribution is -2.17. The van der Waals surface area contributed by atoms with Crippen molar-refractivity contribution in [2.75, 3.05) is 5.73 Å². The molecule has 8 rings (SSSR count). The molecule has 1 saturated carbocycles. The van der Waals surface area contributed by atoms with E-state index in [0.717, 1.165) is 59.9 Å². The number of aryl methyl sites for hydroxylation is 6. The quantitative estimate of drug-likeness (QED) is 0.109. The highest BCUT2D eigenvalue weighted by Crippen LogP contribution is 2.29. The summed E-state index contributed by atoms with van der Waals surface area (Å²) in [6, 6.07) is 4.18. The van der Waals surface area contributed by atoms with Gasteiger partial charge in [0, 0.05) is 67.8 Å². The predicted molar refractivity (Wildman–Crippen MR) is 302 cm³/mol. The Kier molecular flexibility index (Phi) is 26.0. The summed E-state index contributed by atoms with van der Waals surface area (Å²) in [5.41, 5.74) is 10.9. The summed E-state index contributed by atoms with van der Waals surface area (Å²) in [7, 11) is 1.93. The van der Waals surface area contributed by atoms with E-state index >= 15 is 0 Å². The van der Waals surface area contributed by atoms with Gasteiger partial charge < -0.3 is 11.5 Å². The van der Waals surface area contributed by atoms with Crippen molar-refractivity contribution in [2.45, 2.75) is 231 Å². The molecule has 0 radical (unpaired) electrons. The van der Waals surface area contributed by atoms with Gasteiger partial charge in [0.05, 0.1) is 18.2 Å². The Balaban J connectivity index is 0.000000249. The highest BCUT2D eigenvalue weighted by molar-refractivity contribution is 5.75. The van der Waals surface area contributed by atoms with Gasteiger partial charge in [0.15, 0.2) is 5.82 Å². The zero-order valence-electron chi connectivity index (χ0n) is 50.5. The second kappa shape index (κ2) is 31.0. The third kappa shape index (κ3) is 19.9. The lowest BCUT2D eigenvalue weighted by atomic mass is 9.95. The van der Waals surface area contributed by atoms with Crippen molar-refractivity contribution in [1.29, 1.82) is 0 Å². The van der Waals surface area contributed by atoms with Crippen LogP contribution in [0.5, 0.6) is 0 Å². The number of amides is 1. The third-order valence-electron chi connectivity index (χ3n) is 12.0. The number of carbonyl (C=O) groups excluding carboxylic acids is 1. The first-order chi connectivity index (χ1) is 36.6. The number of benzene rings is 1. The first-order valence-electron chi connectivity index (χ1n) is 27.6. The van der Waals surface area contributed by atoms with Gasteiger partial charge in [0.25, 0.3) is 0 Å². The van der Waals surface area contributed by atoms with Crippen LogP contribution in [0.2, 0.25) is 0 Å². The molecule has 0 bridgehead atoms. The van der Waals surface area contributed by atoms with E-state index in [2.05, 4.69) is 141 Å². The summed E-state index contributed by atoms with van der Waals surface area (Å²) >= 11 is 0. The molecule has 6 aromatic heterocycles. The maximum Gasteiger partial charge on any atom is 0.239 e. The van der Waals surface area contributed by atoms with E-state index in [0.29, 0.717) is 64.7 Å². The van der Waals surface area contributed by atoms with Gasteiger partial charge in [-0.2, -0.15) is 30.5 Å². The molecule has 432 valence electrons. The molecule has 1 aliphatic carbocycles.